The maximum Gasteiger partial charge on any atom is 0.418 e. The Morgan fingerprint density at radius 2 is 2.06 bits per heavy atom. The highest BCUT2D eigenvalue weighted by Crippen LogP contribution is 2.37. The van der Waals surface area contributed by atoms with E-state index in [1.165, 1.54) is 6.07 Å². The van der Waals surface area contributed by atoms with Gasteiger partial charge in [0.25, 0.3) is 0 Å². The van der Waals surface area contributed by atoms with E-state index in [0.29, 0.717) is 33.8 Å². The molecule has 168 valence electrons. The number of fused-ring (bicyclic) bond motifs is 1. The van der Waals surface area contributed by atoms with Crippen LogP contribution in [0.25, 0.3) is 16.5 Å². The molecule has 2 atom stereocenters. The highest BCUT2D eigenvalue weighted by atomic mass is 19.4. The second kappa shape index (κ2) is 8.74. The van der Waals surface area contributed by atoms with Gasteiger partial charge in [-0.25, -0.2) is 4.99 Å². The number of hydrogen-bond donors (Lipinski definition) is 3. The number of nitrogens with one attached hydrogen (secondary N) is 2. The Hall–Kier alpha value is -3.20. The van der Waals surface area contributed by atoms with Crippen LogP contribution in [0.5, 0.6) is 0 Å². The fraction of sp³-hybridized carbons (Fsp3) is 0.348. The number of aromatic amines is 1. The van der Waals surface area contributed by atoms with Crippen molar-refractivity contribution in [1.82, 2.24) is 10.3 Å². The van der Waals surface area contributed by atoms with Crippen LogP contribution in [0.3, 0.4) is 0 Å². The molecule has 6 nitrogen and oxygen atoms in total. The Balaban J connectivity index is 1.73. The number of allylic oxidation sites excluding steroid dienone is 2. The van der Waals surface area contributed by atoms with Gasteiger partial charge in [0.05, 0.1) is 16.8 Å². The van der Waals surface area contributed by atoms with Crippen molar-refractivity contribution in [3.05, 3.63) is 53.9 Å². The van der Waals surface area contributed by atoms with Crippen LogP contribution in [0, 0.1) is 0 Å². The van der Waals surface area contributed by atoms with Gasteiger partial charge in [0.15, 0.2) is 0 Å². The number of hydrogen-bond acceptors (Lipinski definition) is 3. The molecule has 0 saturated heterocycles. The van der Waals surface area contributed by atoms with Crippen LogP contribution in [0.4, 0.5) is 13.2 Å². The Morgan fingerprint density at radius 3 is 2.78 bits per heavy atom. The number of aliphatic imine (C=N–C) groups is 3. The highest BCUT2D eigenvalue weighted by molar-refractivity contribution is 6.41. The van der Waals surface area contributed by atoms with Gasteiger partial charge in [0.2, 0.25) is 5.96 Å². The molecule has 2 unspecified atom stereocenters. The average Bonchev–Trinajstić information content (AvgIpc) is 3.19. The number of nitrogens with zero attached hydrogens (tertiary/aromatic N) is 3. The van der Waals surface area contributed by atoms with Crippen LogP contribution in [-0.4, -0.2) is 42.0 Å². The zero-order valence-electron chi connectivity index (χ0n) is 17.7. The van der Waals surface area contributed by atoms with E-state index in [4.69, 9.17) is 5.73 Å². The molecule has 1 aromatic carbocycles. The summed E-state index contributed by atoms with van der Waals surface area (Å²) in [4.78, 5) is 15.9. The lowest BCUT2D eigenvalue weighted by Crippen LogP contribution is -2.49. The van der Waals surface area contributed by atoms with Gasteiger partial charge >= 0.3 is 6.18 Å². The van der Waals surface area contributed by atoms with E-state index in [2.05, 4.69) is 31.9 Å². The van der Waals surface area contributed by atoms with Gasteiger partial charge < -0.3 is 16.0 Å². The standard InChI is InChI=1S/C23H25F3N6/c1-13-10-29-11-16(15-12-30-21-14(15)6-5-7-17(21)23(24,25)26)20(13)32-22(28-2)31-19-9-4-3-8-18(19)27/h5-7,10-12,18-19,30H,1,3-4,8-9,27H2,2H3,(H,28,31). The third-order valence-electron chi connectivity index (χ3n) is 5.87. The molecule has 4 N–H and O–H groups in total. The first-order chi connectivity index (χ1) is 15.3. The van der Waals surface area contributed by atoms with E-state index in [0.717, 1.165) is 31.7 Å². The lowest BCUT2D eigenvalue weighted by Gasteiger charge is -2.29. The first-order valence-electron chi connectivity index (χ1n) is 10.5. The molecular weight excluding hydrogens is 417 g/mol. The molecule has 0 amide bonds. The molecule has 2 aliphatic rings. The van der Waals surface area contributed by atoms with Crippen molar-refractivity contribution in [2.24, 2.45) is 20.7 Å². The second-order valence-electron chi connectivity index (χ2n) is 7.98. The molecule has 1 fully saturated rings. The number of benzene rings is 1. The fourth-order valence-electron chi connectivity index (χ4n) is 4.20. The fourth-order valence-corrected chi connectivity index (χ4v) is 4.20. The van der Waals surface area contributed by atoms with Crippen LogP contribution in [-0.2, 0) is 6.18 Å². The van der Waals surface area contributed by atoms with Gasteiger partial charge in [-0.2, -0.15) is 13.2 Å². The normalized spacial score (nSPS) is 23.7. The molecule has 9 heteroatoms. The summed E-state index contributed by atoms with van der Waals surface area (Å²) in [5.74, 6) is 0.403. The van der Waals surface area contributed by atoms with Crippen LogP contribution >= 0.6 is 0 Å². The minimum absolute atomic E-state index is 0.0150. The molecular formula is C23H25F3N6. The van der Waals surface area contributed by atoms with Crippen molar-refractivity contribution in [3.8, 4) is 0 Å². The topological polar surface area (TPSA) is 90.9 Å². The lowest BCUT2D eigenvalue weighted by atomic mass is 9.91. The first-order valence-corrected chi connectivity index (χ1v) is 10.5. The van der Waals surface area contributed by atoms with Gasteiger partial charge in [0, 0.05) is 59.8 Å². The monoisotopic (exact) mass is 442 g/mol. The van der Waals surface area contributed by atoms with Crippen molar-refractivity contribution in [2.45, 2.75) is 43.9 Å². The largest absolute Gasteiger partial charge is 0.418 e. The number of aromatic nitrogens is 1. The molecule has 2 heterocycles. The van der Waals surface area contributed by atoms with Gasteiger partial charge in [-0.1, -0.05) is 31.6 Å². The summed E-state index contributed by atoms with van der Waals surface area (Å²) in [6.07, 6.45) is 4.28. The van der Waals surface area contributed by atoms with Gasteiger partial charge in [-0.3, -0.25) is 9.98 Å². The van der Waals surface area contributed by atoms with Gasteiger partial charge in [-0.05, 0) is 18.9 Å². The zero-order chi connectivity index (χ0) is 22.9. The summed E-state index contributed by atoms with van der Waals surface area (Å²) >= 11 is 0. The number of guanidine groups is 1. The van der Waals surface area contributed by atoms with E-state index < -0.39 is 11.7 Å². The van der Waals surface area contributed by atoms with Crippen molar-refractivity contribution in [1.29, 1.82) is 0 Å². The number of para-hydroxylation sites is 1. The van der Waals surface area contributed by atoms with Crippen molar-refractivity contribution in [2.75, 3.05) is 7.05 Å². The zero-order valence-corrected chi connectivity index (χ0v) is 17.7. The highest BCUT2D eigenvalue weighted by Gasteiger charge is 2.34. The molecule has 0 bridgehead atoms. The molecule has 1 aliphatic heterocycles. The SMILES string of the molecule is C=C1C=NC=C(c2c[nH]c3c(C(F)(F)F)cccc23)C1=NC(=NC)NC1CCCCC1N. The maximum atomic E-state index is 13.4. The Kier molecular flexibility index (Phi) is 6.01. The Morgan fingerprint density at radius 1 is 1.28 bits per heavy atom. The van der Waals surface area contributed by atoms with Crippen LogP contribution in [0.1, 0.15) is 36.8 Å². The number of alkyl halides is 3. The van der Waals surface area contributed by atoms with Crippen molar-refractivity contribution >= 4 is 34.4 Å². The number of H-pyrrole nitrogens is 1. The van der Waals surface area contributed by atoms with Crippen LogP contribution < -0.4 is 11.1 Å². The minimum atomic E-state index is -4.47. The third kappa shape index (κ3) is 4.25. The molecule has 4 rings (SSSR count). The summed E-state index contributed by atoms with van der Waals surface area (Å²) < 4.78 is 40.3. The predicted molar refractivity (Wildman–Crippen MR) is 123 cm³/mol. The average molecular weight is 442 g/mol. The van der Waals surface area contributed by atoms with Crippen LogP contribution in [0.15, 0.2) is 57.7 Å². The lowest BCUT2D eigenvalue weighted by molar-refractivity contribution is -0.136. The Bertz CT molecular complexity index is 1150. The molecule has 0 radical (unpaired) electrons. The molecule has 32 heavy (non-hydrogen) atoms. The smallest absolute Gasteiger partial charge is 0.360 e. The molecule has 1 aliphatic carbocycles. The third-order valence-corrected chi connectivity index (χ3v) is 5.87. The maximum absolute atomic E-state index is 13.4. The van der Waals surface area contributed by atoms with Gasteiger partial charge in [-0.15, -0.1) is 0 Å². The number of nitrogens with two attached hydrogens (primary N) is 1. The Labute approximate surface area is 183 Å². The predicted octanol–water partition coefficient (Wildman–Crippen LogP) is 4.45. The summed E-state index contributed by atoms with van der Waals surface area (Å²) in [7, 11) is 1.63. The summed E-state index contributed by atoms with van der Waals surface area (Å²) in [5, 5.41) is 3.75. The van der Waals surface area contributed by atoms with E-state index in [1.807, 2.05) is 0 Å². The van der Waals surface area contributed by atoms with E-state index in [-0.39, 0.29) is 17.6 Å². The second-order valence-corrected chi connectivity index (χ2v) is 7.98. The quantitative estimate of drug-likeness (QED) is 0.474. The van der Waals surface area contributed by atoms with Crippen molar-refractivity contribution in [3.63, 3.8) is 0 Å². The van der Waals surface area contributed by atoms with E-state index >= 15 is 0 Å². The summed E-state index contributed by atoms with van der Waals surface area (Å²) in [6, 6.07) is 4.17. The van der Waals surface area contributed by atoms with E-state index in [1.54, 1.807) is 31.7 Å². The van der Waals surface area contributed by atoms with Crippen molar-refractivity contribution < 1.29 is 13.2 Å². The molecule has 1 saturated carbocycles. The number of halogens is 3. The van der Waals surface area contributed by atoms with Gasteiger partial charge in [0.1, 0.15) is 0 Å². The first kappa shape index (κ1) is 22.0. The van der Waals surface area contributed by atoms with E-state index in [9.17, 15) is 13.2 Å². The van der Waals surface area contributed by atoms with Crippen LogP contribution in [0.2, 0.25) is 0 Å². The summed E-state index contributed by atoms with van der Waals surface area (Å²) in [5.41, 5.74) is 7.71. The molecule has 0 spiro atoms. The minimum Gasteiger partial charge on any atom is -0.360 e. The molecule has 2 aromatic rings. The summed E-state index contributed by atoms with van der Waals surface area (Å²) in [6.45, 7) is 4.02. The number of rotatable bonds is 2. The molecule has 1 aromatic heterocycles.